The van der Waals surface area contributed by atoms with E-state index in [0.717, 1.165) is 18.6 Å². The normalized spacial score (nSPS) is 21.2. The van der Waals surface area contributed by atoms with Crippen molar-refractivity contribution in [1.82, 2.24) is 9.62 Å². The second-order valence-corrected chi connectivity index (χ2v) is 10.5. The molecule has 0 spiro atoms. The van der Waals surface area contributed by atoms with Gasteiger partial charge in [-0.25, -0.2) is 12.7 Å². The molecule has 1 fully saturated rings. The lowest BCUT2D eigenvalue weighted by Gasteiger charge is -2.31. The van der Waals surface area contributed by atoms with Crippen molar-refractivity contribution in [2.75, 3.05) is 31.1 Å². The van der Waals surface area contributed by atoms with Crippen LogP contribution in [-0.2, 0) is 14.8 Å². The number of nitrogens with one attached hydrogen (secondary N) is 1. The van der Waals surface area contributed by atoms with E-state index in [-0.39, 0.29) is 22.3 Å². The molecule has 1 heterocycles. The van der Waals surface area contributed by atoms with Crippen LogP contribution in [0.2, 0.25) is 0 Å². The van der Waals surface area contributed by atoms with Gasteiger partial charge in [0.1, 0.15) is 0 Å². The van der Waals surface area contributed by atoms with E-state index in [9.17, 15) is 13.2 Å². The monoisotopic (exact) mass is 336 g/mol. The number of carbonyl (C=O) groups excluding carboxylic acids is 1. The average molecular weight is 337 g/mol. The Morgan fingerprint density at radius 1 is 1.38 bits per heavy atom. The van der Waals surface area contributed by atoms with Crippen LogP contribution in [0.1, 0.15) is 40.5 Å². The maximum atomic E-state index is 12.1. The summed E-state index contributed by atoms with van der Waals surface area (Å²) in [5, 5.41) is 2.93. The quantitative estimate of drug-likeness (QED) is 0.750. The number of amides is 1. The Bertz CT molecular complexity index is 444. The Balaban J connectivity index is 2.41. The lowest BCUT2D eigenvalue weighted by atomic mass is 9.99. The molecule has 5 nitrogen and oxygen atoms in total. The van der Waals surface area contributed by atoms with Gasteiger partial charge < -0.3 is 5.32 Å². The Morgan fingerprint density at radius 2 is 2.05 bits per heavy atom. The zero-order chi connectivity index (χ0) is 16.1. The van der Waals surface area contributed by atoms with Gasteiger partial charge in [-0.3, -0.25) is 4.79 Å². The van der Waals surface area contributed by atoms with Gasteiger partial charge >= 0.3 is 0 Å². The largest absolute Gasteiger partial charge is 0.355 e. The van der Waals surface area contributed by atoms with Crippen molar-refractivity contribution >= 4 is 27.7 Å². The van der Waals surface area contributed by atoms with E-state index >= 15 is 0 Å². The molecule has 0 saturated carbocycles. The minimum absolute atomic E-state index is 0.0134. The molecule has 1 N–H and O–H groups in total. The van der Waals surface area contributed by atoms with E-state index in [1.807, 2.05) is 11.8 Å². The fraction of sp³-hybridized carbons (Fsp3) is 0.929. The molecule has 1 saturated heterocycles. The predicted octanol–water partition coefficient (Wildman–Crippen LogP) is 1.70. The van der Waals surface area contributed by atoms with Gasteiger partial charge in [0.05, 0.1) is 11.7 Å². The van der Waals surface area contributed by atoms with Gasteiger partial charge in [-0.1, -0.05) is 20.8 Å². The highest BCUT2D eigenvalue weighted by atomic mass is 32.2. The second-order valence-electron chi connectivity index (χ2n) is 6.35. The Morgan fingerprint density at radius 3 is 2.62 bits per heavy atom. The molecule has 0 aromatic carbocycles. The van der Waals surface area contributed by atoms with Crippen molar-refractivity contribution < 1.29 is 13.2 Å². The van der Waals surface area contributed by atoms with Crippen LogP contribution in [0.25, 0.3) is 0 Å². The van der Waals surface area contributed by atoms with Crippen molar-refractivity contribution in [2.24, 2.45) is 5.92 Å². The number of hydrogen-bond acceptors (Lipinski definition) is 4. The number of piperidine rings is 1. The summed E-state index contributed by atoms with van der Waals surface area (Å²) in [7, 11) is -3.18. The van der Waals surface area contributed by atoms with Crippen LogP contribution in [0, 0.1) is 5.92 Å². The molecular formula is C14H28N2O3S2. The standard InChI is InChI=1S/C14H28N2O3S2/c1-5-21(18,19)16-9-6-7-12(11-16)13(17)15-8-10-20-14(2,3)4/h12H,5-11H2,1-4H3,(H,15,17)/t12-/m0/s1. The SMILES string of the molecule is CCS(=O)(=O)N1CCC[C@H](C(=O)NCCSC(C)(C)C)C1. The van der Waals surface area contributed by atoms with Crippen LogP contribution in [0.3, 0.4) is 0 Å². The van der Waals surface area contributed by atoms with Crippen LogP contribution in [-0.4, -0.2) is 54.5 Å². The highest BCUT2D eigenvalue weighted by molar-refractivity contribution is 8.00. The fourth-order valence-corrected chi connectivity index (χ4v) is 4.26. The summed E-state index contributed by atoms with van der Waals surface area (Å²) in [6.07, 6.45) is 1.53. The Hall–Kier alpha value is -0.270. The van der Waals surface area contributed by atoms with E-state index in [4.69, 9.17) is 0 Å². The van der Waals surface area contributed by atoms with Gasteiger partial charge in [-0.15, -0.1) is 0 Å². The van der Waals surface area contributed by atoms with E-state index < -0.39 is 10.0 Å². The number of thioether (sulfide) groups is 1. The first-order valence-corrected chi connectivity index (χ1v) is 10.1. The zero-order valence-corrected chi connectivity index (χ0v) is 15.1. The first-order chi connectivity index (χ1) is 9.65. The van der Waals surface area contributed by atoms with Crippen LogP contribution in [0.5, 0.6) is 0 Å². The Kier molecular flexibility index (Phi) is 7.00. The highest BCUT2D eigenvalue weighted by Crippen LogP contribution is 2.22. The molecule has 21 heavy (non-hydrogen) atoms. The summed E-state index contributed by atoms with van der Waals surface area (Å²) in [6.45, 7) is 9.59. The van der Waals surface area contributed by atoms with Crippen LogP contribution >= 0.6 is 11.8 Å². The van der Waals surface area contributed by atoms with Gasteiger partial charge in [0.2, 0.25) is 15.9 Å². The molecule has 0 unspecified atom stereocenters. The topological polar surface area (TPSA) is 66.5 Å². The predicted molar refractivity (Wildman–Crippen MR) is 89.0 cm³/mol. The molecule has 124 valence electrons. The highest BCUT2D eigenvalue weighted by Gasteiger charge is 2.31. The zero-order valence-electron chi connectivity index (χ0n) is 13.5. The van der Waals surface area contributed by atoms with Crippen molar-refractivity contribution in [2.45, 2.75) is 45.3 Å². The van der Waals surface area contributed by atoms with E-state index in [2.05, 4.69) is 26.1 Å². The van der Waals surface area contributed by atoms with Gasteiger partial charge in [-0.2, -0.15) is 11.8 Å². The third-order valence-electron chi connectivity index (χ3n) is 3.45. The Labute approximate surface area is 133 Å². The third kappa shape index (κ3) is 6.57. The lowest BCUT2D eigenvalue weighted by Crippen LogP contribution is -2.46. The first-order valence-electron chi connectivity index (χ1n) is 7.55. The fourth-order valence-electron chi connectivity index (χ4n) is 2.27. The molecule has 7 heteroatoms. The maximum absolute atomic E-state index is 12.1. The molecule has 1 aliphatic heterocycles. The van der Waals surface area contributed by atoms with Gasteiger partial charge in [0, 0.05) is 30.1 Å². The number of sulfonamides is 1. The molecular weight excluding hydrogens is 308 g/mol. The molecule has 0 aliphatic carbocycles. The molecule has 1 amide bonds. The van der Waals surface area contributed by atoms with Gasteiger partial charge in [-0.05, 0) is 19.8 Å². The number of carbonyl (C=O) groups is 1. The van der Waals surface area contributed by atoms with Crippen molar-refractivity contribution in [3.63, 3.8) is 0 Å². The molecule has 1 aliphatic rings. The lowest BCUT2D eigenvalue weighted by molar-refractivity contribution is -0.125. The van der Waals surface area contributed by atoms with Crippen LogP contribution in [0.15, 0.2) is 0 Å². The second kappa shape index (κ2) is 7.83. The average Bonchev–Trinajstić information content (AvgIpc) is 2.42. The van der Waals surface area contributed by atoms with Gasteiger partial charge in [0.15, 0.2) is 0 Å². The van der Waals surface area contributed by atoms with Crippen molar-refractivity contribution in [3.8, 4) is 0 Å². The molecule has 1 rings (SSSR count). The maximum Gasteiger partial charge on any atom is 0.224 e. The third-order valence-corrected chi connectivity index (χ3v) is 6.57. The minimum Gasteiger partial charge on any atom is -0.355 e. The summed E-state index contributed by atoms with van der Waals surface area (Å²) in [5.41, 5.74) is 0. The summed E-state index contributed by atoms with van der Waals surface area (Å²) in [4.78, 5) is 12.1. The van der Waals surface area contributed by atoms with Crippen molar-refractivity contribution in [3.05, 3.63) is 0 Å². The molecule has 0 aromatic rings. The summed E-state index contributed by atoms with van der Waals surface area (Å²) in [6, 6.07) is 0. The van der Waals surface area contributed by atoms with E-state index in [1.165, 1.54) is 4.31 Å². The van der Waals surface area contributed by atoms with Crippen LogP contribution in [0.4, 0.5) is 0 Å². The molecule has 0 radical (unpaired) electrons. The molecule has 1 atom stereocenters. The first kappa shape index (κ1) is 18.8. The van der Waals surface area contributed by atoms with Crippen molar-refractivity contribution in [1.29, 1.82) is 0 Å². The van der Waals surface area contributed by atoms with Crippen LogP contribution < -0.4 is 5.32 Å². The smallest absolute Gasteiger partial charge is 0.224 e. The summed E-state index contributed by atoms with van der Waals surface area (Å²) >= 11 is 1.81. The summed E-state index contributed by atoms with van der Waals surface area (Å²) < 4.78 is 25.4. The van der Waals surface area contributed by atoms with E-state index in [0.29, 0.717) is 19.6 Å². The number of hydrogen-bond donors (Lipinski definition) is 1. The molecule has 0 bridgehead atoms. The number of rotatable bonds is 6. The van der Waals surface area contributed by atoms with E-state index in [1.54, 1.807) is 6.92 Å². The minimum atomic E-state index is -3.18. The number of nitrogens with zero attached hydrogens (tertiary/aromatic N) is 1. The van der Waals surface area contributed by atoms with Gasteiger partial charge in [0.25, 0.3) is 0 Å². The summed E-state index contributed by atoms with van der Waals surface area (Å²) in [5.74, 6) is 0.753. The molecule has 0 aromatic heterocycles.